The zero-order valence-corrected chi connectivity index (χ0v) is 13.0. The van der Waals surface area contributed by atoms with Crippen molar-refractivity contribution in [2.75, 3.05) is 20.2 Å². The monoisotopic (exact) mass is 365 g/mol. The molecule has 1 aliphatic heterocycles. The van der Waals surface area contributed by atoms with Crippen molar-refractivity contribution in [1.29, 1.82) is 0 Å². The number of nitrogens with zero attached hydrogens (tertiary/aromatic N) is 1. The Balaban J connectivity index is 2.04. The van der Waals surface area contributed by atoms with Gasteiger partial charge >= 0.3 is 6.18 Å². The first-order valence-corrected chi connectivity index (χ1v) is 7.31. The van der Waals surface area contributed by atoms with Gasteiger partial charge in [-0.05, 0) is 47.0 Å². The third-order valence-electron chi connectivity index (χ3n) is 3.64. The van der Waals surface area contributed by atoms with E-state index in [9.17, 15) is 18.0 Å². The number of likely N-dealkylation sites (tertiary alicyclic amines) is 1. The van der Waals surface area contributed by atoms with Crippen molar-refractivity contribution in [1.82, 2.24) is 4.90 Å². The average molecular weight is 366 g/mol. The highest BCUT2D eigenvalue weighted by molar-refractivity contribution is 9.10. The Kier molecular flexibility index (Phi) is 4.81. The predicted molar refractivity (Wildman–Crippen MR) is 75.4 cm³/mol. The van der Waals surface area contributed by atoms with Crippen LogP contribution in [0.25, 0.3) is 0 Å². The van der Waals surface area contributed by atoms with Crippen LogP contribution in [-0.2, 0) is 0 Å². The highest BCUT2D eigenvalue weighted by Crippen LogP contribution is 2.34. The highest BCUT2D eigenvalue weighted by Gasteiger charge is 2.41. The maximum Gasteiger partial charge on any atom is 0.391 e. The molecule has 21 heavy (non-hydrogen) atoms. The molecule has 0 aliphatic carbocycles. The average Bonchev–Trinajstić information content (AvgIpc) is 2.45. The number of hydrogen-bond donors (Lipinski definition) is 0. The smallest absolute Gasteiger partial charge is 0.391 e. The van der Waals surface area contributed by atoms with Crippen molar-refractivity contribution in [3.8, 4) is 5.75 Å². The standard InChI is InChI=1S/C14H15BrF3NO2/c1-21-12-3-2-9(8-11(12)15)13(20)19-6-4-10(5-7-19)14(16,17)18/h2-3,8,10H,4-7H2,1H3. The summed E-state index contributed by atoms with van der Waals surface area (Å²) in [7, 11) is 1.52. The van der Waals surface area contributed by atoms with Gasteiger partial charge in [-0.15, -0.1) is 0 Å². The normalized spacial score (nSPS) is 16.9. The van der Waals surface area contributed by atoms with Gasteiger partial charge in [0, 0.05) is 18.7 Å². The fourth-order valence-electron chi connectivity index (χ4n) is 2.39. The number of hydrogen-bond acceptors (Lipinski definition) is 2. The van der Waals surface area contributed by atoms with Crippen LogP contribution in [0.3, 0.4) is 0 Å². The molecule has 2 rings (SSSR count). The van der Waals surface area contributed by atoms with E-state index in [1.54, 1.807) is 18.2 Å². The second-order valence-electron chi connectivity index (χ2n) is 4.96. The molecule has 7 heteroatoms. The van der Waals surface area contributed by atoms with E-state index >= 15 is 0 Å². The molecule has 1 aromatic rings. The Hall–Kier alpha value is -1.24. The van der Waals surface area contributed by atoms with Crippen molar-refractivity contribution < 1.29 is 22.7 Å². The van der Waals surface area contributed by atoms with Crippen LogP contribution in [0.5, 0.6) is 5.75 Å². The van der Waals surface area contributed by atoms with E-state index < -0.39 is 12.1 Å². The predicted octanol–water partition coefficient (Wildman–Crippen LogP) is 3.87. The second-order valence-corrected chi connectivity index (χ2v) is 5.81. The minimum atomic E-state index is -4.17. The van der Waals surface area contributed by atoms with Crippen LogP contribution in [0.2, 0.25) is 0 Å². The zero-order valence-electron chi connectivity index (χ0n) is 11.4. The molecule has 0 unspecified atom stereocenters. The molecule has 116 valence electrons. The van der Waals surface area contributed by atoms with Gasteiger partial charge in [0.05, 0.1) is 17.5 Å². The summed E-state index contributed by atoms with van der Waals surface area (Å²) in [4.78, 5) is 13.8. The van der Waals surface area contributed by atoms with Crippen LogP contribution in [0.1, 0.15) is 23.2 Å². The minimum absolute atomic E-state index is 0.0352. The van der Waals surface area contributed by atoms with Crippen LogP contribution in [0.4, 0.5) is 13.2 Å². The quantitative estimate of drug-likeness (QED) is 0.795. The Morgan fingerprint density at radius 2 is 1.95 bits per heavy atom. The first-order valence-electron chi connectivity index (χ1n) is 6.52. The molecule has 1 aromatic carbocycles. The lowest BCUT2D eigenvalue weighted by molar-refractivity contribution is -0.183. The largest absolute Gasteiger partial charge is 0.496 e. The fraction of sp³-hybridized carbons (Fsp3) is 0.500. The van der Waals surface area contributed by atoms with Gasteiger partial charge in [-0.3, -0.25) is 4.79 Å². The maximum absolute atomic E-state index is 12.6. The van der Waals surface area contributed by atoms with Gasteiger partial charge in [0.2, 0.25) is 0 Å². The molecule has 0 bridgehead atoms. The van der Waals surface area contributed by atoms with E-state index in [0.29, 0.717) is 15.8 Å². The molecule has 1 amide bonds. The van der Waals surface area contributed by atoms with Gasteiger partial charge in [-0.25, -0.2) is 0 Å². The number of rotatable bonds is 2. The van der Waals surface area contributed by atoms with Crippen LogP contribution in [-0.4, -0.2) is 37.2 Å². The van der Waals surface area contributed by atoms with Gasteiger partial charge in [-0.1, -0.05) is 0 Å². The zero-order chi connectivity index (χ0) is 15.6. The van der Waals surface area contributed by atoms with Crippen molar-refractivity contribution in [3.05, 3.63) is 28.2 Å². The number of ether oxygens (including phenoxy) is 1. The van der Waals surface area contributed by atoms with E-state index in [1.807, 2.05) is 0 Å². The number of alkyl halides is 3. The summed E-state index contributed by atoms with van der Waals surface area (Å²) in [5, 5.41) is 0. The number of carbonyl (C=O) groups excluding carboxylic acids is 1. The molecule has 1 aliphatic rings. The van der Waals surface area contributed by atoms with Crippen LogP contribution < -0.4 is 4.74 Å². The first kappa shape index (κ1) is 16.1. The van der Waals surface area contributed by atoms with Crippen molar-refractivity contribution in [2.45, 2.75) is 19.0 Å². The molecule has 1 saturated heterocycles. The summed E-state index contributed by atoms with van der Waals surface area (Å²) in [5.41, 5.74) is 0.438. The molecule has 0 aromatic heterocycles. The number of methoxy groups -OCH3 is 1. The Morgan fingerprint density at radius 3 is 2.43 bits per heavy atom. The van der Waals surface area contributed by atoms with Crippen LogP contribution >= 0.6 is 15.9 Å². The van der Waals surface area contributed by atoms with Crippen LogP contribution in [0.15, 0.2) is 22.7 Å². The molecule has 0 radical (unpaired) electrons. The Bertz CT molecular complexity index is 525. The molecule has 1 heterocycles. The van der Waals surface area contributed by atoms with Gasteiger partial charge < -0.3 is 9.64 Å². The molecular formula is C14H15BrF3NO2. The molecule has 1 fully saturated rings. The topological polar surface area (TPSA) is 29.5 Å². The summed E-state index contributed by atoms with van der Waals surface area (Å²) in [6.07, 6.45) is -4.24. The van der Waals surface area contributed by atoms with Gasteiger partial charge in [0.15, 0.2) is 0 Å². The molecule has 3 nitrogen and oxygen atoms in total. The van der Waals surface area contributed by atoms with E-state index in [0.717, 1.165) is 0 Å². The number of halogens is 4. The van der Waals surface area contributed by atoms with E-state index in [-0.39, 0.29) is 31.8 Å². The number of carbonyl (C=O) groups is 1. The summed E-state index contributed by atoms with van der Waals surface area (Å²) < 4.78 is 43.5. The first-order chi connectivity index (χ1) is 9.82. The third-order valence-corrected chi connectivity index (χ3v) is 4.26. The van der Waals surface area contributed by atoms with Crippen molar-refractivity contribution in [2.24, 2.45) is 5.92 Å². The molecule has 0 atom stereocenters. The lowest BCUT2D eigenvalue weighted by atomic mass is 9.96. The molecule has 0 saturated carbocycles. The van der Waals surface area contributed by atoms with Gasteiger partial charge in [0.1, 0.15) is 5.75 Å². The van der Waals surface area contributed by atoms with Crippen molar-refractivity contribution in [3.63, 3.8) is 0 Å². The summed E-state index contributed by atoms with van der Waals surface area (Å²) in [6.45, 7) is 0.263. The summed E-state index contributed by atoms with van der Waals surface area (Å²) >= 11 is 3.29. The summed E-state index contributed by atoms with van der Waals surface area (Å²) in [6, 6.07) is 4.89. The van der Waals surface area contributed by atoms with Gasteiger partial charge in [-0.2, -0.15) is 13.2 Å². The van der Waals surface area contributed by atoms with Gasteiger partial charge in [0.25, 0.3) is 5.91 Å². The third kappa shape index (κ3) is 3.70. The second kappa shape index (κ2) is 6.25. The maximum atomic E-state index is 12.6. The van der Waals surface area contributed by atoms with E-state index in [2.05, 4.69) is 15.9 Å². The summed E-state index contributed by atoms with van der Waals surface area (Å²) in [5.74, 6) is -0.953. The number of amides is 1. The van der Waals surface area contributed by atoms with E-state index in [1.165, 1.54) is 12.0 Å². The lowest BCUT2D eigenvalue weighted by Crippen LogP contribution is -2.42. The number of benzene rings is 1. The molecule has 0 N–H and O–H groups in total. The van der Waals surface area contributed by atoms with Crippen molar-refractivity contribution >= 4 is 21.8 Å². The lowest BCUT2D eigenvalue weighted by Gasteiger charge is -2.33. The SMILES string of the molecule is COc1ccc(C(=O)N2CCC(C(F)(F)F)CC2)cc1Br. The highest BCUT2D eigenvalue weighted by atomic mass is 79.9. The van der Waals surface area contributed by atoms with E-state index in [4.69, 9.17) is 4.74 Å². The fourth-order valence-corrected chi connectivity index (χ4v) is 2.93. The number of piperidine rings is 1. The molecular weight excluding hydrogens is 351 g/mol. The van der Waals surface area contributed by atoms with Crippen LogP contribution in [0, 0.1) is 5.92 Å². The minimum Gasteiger partial charge on any atom is -0.496 e. The Morgan fingerprint density at radius 1 is 1.33 bits per heavy atom. The Labute approximate surface area is 129 Å². The molecule has 0 spiro atoms.